The van der Waals surface area contributed by atoms with E-state index in [1.54, 1.807) is 18.2 Å². The Kier molecular flexibility index (Phi) is 5.65. The van der Waals surface area contributed by atoms with Crippen LogP contribution in [0, 0.1) is 11.2 Å². The van der Waals surface area contributed by atoms with E-state index >= 15 is 0 Å². The average Bonchev–Trinajstić information content (AvgIpc) is 3.12. The Labute approximate surface area is 216 Å². The zero-order valence-electron chi connectivity index (χ0n) is 20.3. The van der Waals surface area contributed by atoms with E-state index in [0.29, 0.717) is 22.2 Å². The van der Waals surface area contributed by atoms with Gasteiger partial charge in [-0.3, -0.25) is 9.47 Å². The van der Waals surface area contributed by atoms with Crippen LogP contribution in [0.5, 0.6) is 5.75 Å². The second-order valence-electron chi connectivity index (χ2n) is 10.3. The summed E-state index contributed by atoms with van der Waals surface area (Å²) in [5.74, 6) is 1.73. The number of alkyl halides is 3. The summed E-state index contributed by atoms with van der Waals surface area (Å²) in [5.41, 5.74) is 1.59. The molecular formula is C25H25ClF4N6O. The first-order valence-corrected chi connectivity index (χ1v) is 12.4. The van der Waals surface area contributed by atoms with E-state index in [4.69, 9.17) is 16.3 Å². The van der Waals surface area contributed by atoms with E-state index < -0.39 is 18.0 Å². The zero-order valence-corrected chi connectivity index (χ0v) is 21.0. The predicted molar refractivity (Wildman–Crippen MR) is 129 cm³/mol. The highest BCUT2D eigenvalue weighted by molar-refractivity contribution is 6.30. The molecule has 37 heavy (non-hydrogen) atoms. The molecule has 2 aliphatic heterocycles. The third-order valence-electron chi connectivity index (χ3n) is 7.90. The van der Waals surface area contributed by atoms with Gasteiger partial charge in [-0.2, -0.15) is 13.2 Å². The van der Waals surface area contributed by atoms with Gasteiger partial charge in [-0.15, -0.1) is 10.2 Å². The monoisotopic (exact) mass is 536 g/mol. The average molecular weight is 537 g/mol. The van der Waals surface area contributed by atoms with Crippen LogP contribution < -0.4 is 9.64 Å². The summed E-state index contributed by atoms with van der Waals surface area (Å²) in [4.78, 5) is 7.65. The third kappa shape index (κ3) is 4.12. The van der Waals surface area contributed by atoms with E-state index in [0.717, 1.165) is 37.4 Å². The lowest BCUT2D eigenvalue weighted by atomic mass is 9.57. The van der Waals surface area contributed by atoms with Crippen molar-refractivity contribution in [1.29, 1.82) is 0 Å². The van der Waals surface area contributed by atoms with Gasteiger partial charge in [-0.25, -0.2) is 9.37 Å². The van der Waals surface area contributed by atoms with E-state index in [9.17, 15) is 17.6 Å². The first-order chi connectivity index (χ1) is 17.6. The number of ether oxygens (including phenoxy) is 1. The van der Waals surface area contributed by atoms with Gasteiger partial charge in [0.25, 0.3) is 0 Å². The first-order valence-electron chi connectivity index (χ1n) is 12.1. The summed E-state index contributed by atoms with van der Waals surface area (Å²) in [5, 5.41) is 9.27. The molecule has 12 heteroatoms. The van der Waals surface area contributed by atoms with Gasteiger partial charge in [0.1, 0.15) is 17.7 Å². The van der Waals surface area contributed by atoms with E-state index in [-0.39, 0.29) is 30.2 Å². The topological polar surface area (TPSA) is 59.3 Å². The SMILES string of the molecule is COc1cc(N2CC3(CC(c4nnc5n4-c4ccc(Cl)cc4CN(C(C)C(F)(F)F)C5)C3)C2)ncc1F. The fourth-order valence-corrected chi connectivity index (χ4v) is 6.08. The van der Waals surface area contributed by atoms with Crippen molar-refractivity contribution < 1.29 is 22.3 Å². The van der Waals surface area contributed by atoms with Crippen molar-refractivity contribution in [3.05, 3.63) is 58.5 Å². The molecular weight excluding hydrogens is 512 g/mol. The van der Waals surface area contributed by atoms with Crippen molar-refractivity contribution in [1.82, 2.24) is 24.6 Å². The van der Waals surface area contributed by atoms with Gasteiger partial charge in [-0.05, 0) is 43.5 Å². The number of rotatable bonds is 4. The molecule has 3 aromatic rings. The van der Waals surface area contributed by atoms with Crippen LogP contribution in [-0.4, -0.2) is 57.1 Å². The summed E-state index contributed by atoms with van der Waals surface area (Å²) >= 11 is 6.22. The van der Waals surface area contributed by atoms with Gasteiger partial charge in [0.15, 0.2) is 17.4 Å². The van der Waals surface area contributed by atoms with Crippen molar-refractivity contribution in [3.8, 4) is 11.4 Å². The van der Waals surface area contributed by atoms with Crippen LogP contribution in [0.25, 0.3) is 5.69 Å². The maximum absolute atomic E-state index is 13.7. The van der Waals surface area contributed by atoms with E-state index in [1.807, 2.05) is 10.6 Å². The van der Waals surface area contributed by atoms with Crippen molar-refractivity contribution in [2.24, 2.45) is 5.41 Å². The Balaban J connectivity index is 1.23. The highest BCUT2D eigenvalue weighted by Gasteiger charge is 2.54. The van der Waals surface area contributed by atoms with Crippen LogP contribution in [0.15, 0.2) is 30.5 Å². The molecule has 1 saturated heterocycles. The van der Waals surface area contributed by atoms with Crippen LogP contribution in [0.4, 0.5) is 23.4 Å². The van der Waals surface area contributed by atoms with E-state index in [1.165, 1.54) is 25.1 Å². The molecule has 0 radical (unpaired) electrons. The molecule has 2 aromatic heterocycles. The lowest BCUT2D eigenvalue weighted by Gasteiger charge is -2.59. The molecule has 1 saturated carbocycles. The first kappa shape index (κ1) is 24.4. The number of halogens is 5. The molecule has 0 bridgehead atoms. The number of methoxy groups -OCH3 is 1. The van der Waals surface area contributed by atoms with Crippen molar-refractivity contribution in [2.75, 3.05) is 25.1 Å². The van der Waals surface area contributed by atoms with Crippen molar-refractivity contribution in [2.45, 2.75) is 51.0 Å². The molecule has 3 aliphatic rings. The smallest absolute Gasteiger partial charge is 0.403 e. The van der Waals surface area contributed by atoms with E-state index in [2.05, 4.69) is 20.1 Å². The summed E-state index contributed by atoms with van der Waals surface area (Å²) in [6.07, 6.45) is -1.44. The molecule has 1 atom stereocenters. The largest absolute Gasteiger partial charge is 0.493 e. The fraction of sp³-hybridized carbons (Fsp3) is 0.480. The van der Waals surface area contributed by atoms with Crippen LogP contribution in [0.1, 0.15) is 42.9 Å². The second-order valence-corrected chi connectivity index (χ2v) is 10.8. The number of aromatic nitrogens is 4. The highest BCUT2D eigenvalue weighted by Crippen LogP contribution is 2.56. The minimum atomic E-state index is -4.36. The molecule has 1 aliphatic carbocycles. The number of benzene rings is 1. The van der Waals surface area contributed by atoms with Gasteiger partial charge in [0.05, 0.1) is 25.5 Å². The predicted octanol–water partition coefficient (Wildman–Crippen LogP) is 5.11. The van der Waals surface area contributed by atoms with Crippen LogP contribution in [0.2, 0.25) is 5.02 Å². The number of fused-ring (bicyclic) bond motifs is 3. The molecule has 1 aromatic carbocycles. The van der Waals surface area contributed by atoms with Crippen LogP contribution in [-0.2, 0) is 13.1 Å². The molecule has 2 fully saturated rings. The van der Waals surface area contributed by atoms with Gasteiger partial charge in [0, 0.05) is 42.1 Å². The molecule has 0 N–H and O–H groups in total. The quantitative estimate of drug-likeness (QED) is 0.432. The molecule has 7 nitrogen and oxygen atoms in total. The molecule has 6 rings (SSSR count). The van der Waals surface area contributed by atoms with Crippen molar-refractivity contribution in [3.63, 3.8) is 0 Å². The Morgan fingerprint density at radius 1 is 1.14 bits per heavy atom. The Hall–Kier alpha value is -2.92. The Bertz CT molecular complexity index is 1350. The van der Waals surface area contributed by atoms with Crippen molar-refractivity contribution >= 4 is 17.4 Å². The number of hydrogen-bond donors (Lipinski definition) is 0. The fourth-order valence-electron chi connectivity index (χ4n) is 5.89. The highest BCUT2D eigenvalue weighted by atomic mass is 35.5. The lowest BCUT2D eigenvalue weighted by Crippen LogP contribution is -2.62. The zero-order chi connectivity index (χ0) is 26.1. The second kappa shape index (κ2) is 8.56. The molecule has 196 valence electrons. The standard InChI is InChI=1S/C25H25ClF4N6O/c1-14(25(28,29)30)34-10-15-5-17(26)3-4-19(15)36-22(11-34)32-33-23(36)16-7-24(8-16)12-35(13-24)21-6-20(37-2)18(27)9-31-21/h3-6,9,14,16H,7-8,10-13H2,1-2H3. The van der Waals surface area contributed by atoms with Gasteiger partial charge in [-0.1, -0.05) is 11.6 Å². The Morgan fingerprint density at radius 3 is 2.59 bits per heavy atom. The Morgan fingerprint density at radius 2 is 1.89 bits per heavy atom. The summed E-state index contributed by atoms with van der Waals surface area (Å²) < 4.78 is 61.5. The third-order valence-corrected chi connectivity index (χ3v) is 8.14. The maximum atomic E-state index is 13.7. The number of nitrogens with zero attached hydrogens (tertiary/aromatic N) is 6. The maximum Gasteiger partial charge on any atom is 0.403 e. The molecule has 0 amide bonds. The normalized spacial score (nSPS) is 20.0. The van der Waals surface area contributed by atoms with Crippen LogP contribution >= 0.6 is 11.6 Å². The van der Waals surface area contributed by atoms with Gasteiger partial charge >= 0.3 is 6.18 Å². The van der Waals surface area contributed by atoms with Crippen LogP contribution in [0.3, 0.4) is 0 Å². The number of anilines is 1. The summed E-state index contributed by atoms with van der Waals surface area (Å²) in [6, 6.07) is 5.27. The van der Waals surface area contributed by atoms with Gasteiger partial charge in [0.2, 0.25) is 0 Å². The minimum absolute atomic E-state index is 0.0314. The number of hydrogen-bond acceptors (Lipinski definition) is 6. The molecule has 1 spiro atoms. The summed E-state index contributed by atoms with van der Waals surface area (Å²) in [6.45, 7) is 2.88. The minimum Gasteiger partial charge on any atom is -0.493 e. The molecule has 4 heterocycles. The number of pyridine rings is 1. The molecule has 1 unspecified atom stereocenters. The van der Waals surface area contributed by atoms with Gasteiger partial charge < -0.3 is 9.64 Å². The summed E-state index contributed by atoms with van der Waals surface area (Å²) in [7, 11) is 1.42. The lowest BCUT2D eigenvalue weighted by molar-refractivity contribution is -0.182.